The molecule has 2 amide bonds. The first kappa shape index (κ1) is 14.4. The average Bonchev–Trinajstić information content (AvgIpc) is 2.88. The highest BCUT2D eigenvalue weighted by Gasteiger charge is 2.17. The minimum atomic E-state index is -0.112. The van der Waals surface area contributed by atoms with E-state index in [2.05, 4.69) is 5.32 Å². The Morgan fingerprint density at radius 2 is 2.15 bits per heavy atom. The lowest BCUT2D eigenvalue weighted by Crippen LogP contribution is -2.39. The van der Waals surface area contributed by atoms with Crippen LogP contribution in [0.2, 0.25) is 0 Å². The van der Waals surface area contributed by atoms with Crippen molar-refractivity contribution in [1.82, 2.24) is 4.90 Å². The van der Waals surface area contributed by atoms with Crippen molar-refractivity contribution in [3.8, 4) is 0 Å². The lowest BCUT2D eigenvalue weighted by atomic mass is 10.3. The highest BCUT2D eigenvalue weighted by Crippen LogP contribution is 2.17. The average molecular weight is 289 g/mol. The molecule has 0 aliphatic heterocycles. The predicted octanol–water partition coefficient (Wildman–Crippen LogP) is 3.77. The van der Waals surface area contributed by atoms with Crippen molar-refractivity contribution in [3.63, 3.8) is 0 Å². The van der Waals surface area contributed by atoms with Crippen LogP contribution in [0.15, 0.2) is 41.8 Å². The van der Waals surface area contributed by atoms with Crippen LogP contribution in [0.5, 0.6) is 0 Å². The Balaban J connectivity index is 2.07. The van der Waals surface area contributed by atoms with Crippen molar-refractivity contribution in [3.05, 3.63) is 46.7 Å². The Kier molecular flexibility index (Phi) is 4.63. The van der Waals surface area contributed by atoms with Crippen LogP contribution in [0.1, 0.15) is 18.7 Å². The number of benzene rings is 1. The Labute approximate surface area is 123 Å². The standard InChI is InChI=1S/C15H19N3OS/c1-11(2)18(10-14-7-4-8-20-14)15(19)17-13-6-3-5-12(16)9-13/h3-9,11H,10,16H2,1-2H3,(H,17,19). The summed E-state index contributed by atoms with van der Waals surface area (Å²) in [4.78, 5) is 15.3. The van der Waals surface area contributed by atoms with Crippen LogP contribution in [0.3, 0.4) is 0 Å². The molecule has 0 atom stereocenters. The predicted molar refractivity (Wildman–Crippen MR) is 84.9 cm³/mol. The van der Waals surface area contributed by atoms with Gasteiger partial charge in [0.05, 0.1) is 6.54 Å². The first-order valence-electron chi connectivity index (χ1n) is 6.52. The molecule has 2 aromatic rings. The number of carbonyl (C=O) groups excluding carboxylic acids is 1. The van der Waals surface area contributed by atoms with Crippen LogP contribution in [0.4, 0.5) is 16.2 Å². The van der Waals surface area contributed by atoms with E-state index >= 15 is 0 Å². The van der Waals surface area contributed by atoms with Gasteiger partial charge in [-0.2, -0.15) is 0 Å². The Bertz CT molecular complexity index is 566. The Morgan fingerprint density at radius 3 is 2.75 bits per heavy atom. The van der Waals surface area contributed by atoms with Gasteiger partial charge in [0.25, 0.3) is 0 Å². The molecular formula is C15H19N3OS. The molecule has 0 aliphatic rings. The molecule has 0 unspecified atom stereocenters. The number of anilines is 2. The van der Waals surface area contributed by atoms with E-state index in [9.17, 15) is 4.79 Å². The summed E-state index contributed by atoms with van der Waals surface area (Å²) in [7, 11) is 0. The van der Waals surface area contributed by atoms with Crippen molar-refractivity contribution in [2.24, 2.45) is 0 Å². The summed E-state index contributed by atoms with van der Waals surface area (Å²) in [5.74, 6) is 0. The summed E-state index contributed by atoms with van der Waals surface area (Å²) in [6, 6.07) is 11.2. The molecule has 3 N–H and O–H groups in total. The van der Waals surface area contributed by atoms with Crippen LogP contribution < -0.4 is 11.1 Å². The molecule has 0 saturated heterocycles. The molecule has 0 aliphatic carbocycles. The monoisotopic (exact) mass is 289 g/mol. The number of carbonyl (C=O) groups is 1. The highest BCUT2D eigenvalue weighted by atomic mass is 32.1. The van der Waals surface area contributed by atoms with Crippen LogP contribution in [0.25, 0.3) is 0 Å². The number of hydrogen-bond acceptors (Lipinski definition) is 3. The van der Waals surface area contributed by atoms with Gasteiger partial charge in [0.15, 0.2) is 0 Å². The molecule has 0 fully saturated rings. The van der Waals surface area contributed by atoms with E-state index in [4.69, 9.17) is 5.73 Å². The SMILES string of the molecule is CC(C)N(Cc1cccs1)C(=O)Nc1cccc(N)c1. The second-order valence-corrected chi connectivity index (χ2v) is 5.89. The largest absolute Gasteiger partial charge is 0.399 e. The van der Waals surface area contributed by atoms with Crippen LogP contribution >= 0.6 is 11.3 Å². The van der Waals surface area contributed by atoms with Crippen LogP contribution in [0, 0.1) is 0 Å². The minimum Gasteiger partial charge on any atom is -0.399 e. The van der Waals surface area contributed by atoms with Crippen molar-refractivity contribution in [2.45, 2.75) is 26.4 Å². The molecule has 1 heterocycles. The molecule has 0 radical (unpaired) electrons. The lowest BCUT2D eigenvalue weighted by molar-refractivity contribution is 0.194. The number of nitrogens with two attached hydrogens (primary N) is 1. The fourth-order valence-electron chi connectivity index (χ4n) is 1.87. The van der Waals surface area contributed by atoms with Gasteiger partial charge in [-0.1, -0.05) is 12.1 Å². The number of thiophene rings is 1. The molecular weight excluding hydrogens is 270 g/mol. The lowest BCUT2D eigenvalue weighted by Gasteiger charge is -2.26. The van der Waals surface area contributed by atoms with Gasteiger partial charge in [0, 0.05) is 22.3 Å². The molecule has 0 saturated carbocycles. The molecule has 20 heavy (non-hydrogen) atoms. The molecule has 2 rings (SSSR count). The van der Waals surface area contributed by atoms with Gasteiger partial charge in [-0.25, -0.2) is 4.79 Å². The quantitative estimate of drug-likeness (QED) is 0.842. The summed E-state index contributed by atoms with van der Waals surface area (Å²) in [5.41, 5.74) is 7.07. The van der Waals surface area contributed by atoms with E-state index in [0.717, 1.165) is 0 Å². The fraction of sp³-hybridized carbons (Fsp3) is 0.267. The number of amides is 2. The number of hydrogen-bond donors (Lipinski definition) is 2. The smallest absolute Gasteiger partial charge is 0.322 e. The van der Waals surface area contributed by atoms with Gasteiger partial charge in [-0.15, -0.1) is 11.3 Å². The fourth-order valence-corrected chi connectivity index (χ4v) is 2.57. The van der Waals surface area contributed by atoms with Crippen LogP contribution in [-0.2, 0) is 6.54 Å². The van der Waals surface area contributed by atoms with E-state index in [0.29, 0.717) is 17.9 Å². The van der Waals surface area contributed by atoms with Gasteiger partial charge < -0.3 is 16.0 Å². The maximum atomic E-state index is 12.4. The Hall–Kier alpha value is -2.01. The first-order valence-corrected chi connectivity index (χ1v) is 7.40. The third kappa shape index (κ3) is 3.74. The second-order valence-electron chi connectivity index (χ2n) is 4.86. The molecule has 4 nitrogen and oxygen atoms in total. The molecule has 5 heteroatoms. The Morgan fingerprint density at radius 1 is 1.35 bits per heavy atom. The van der Waals surface area contributed by atoms with Gasteiger partial charge in [0.2, 0.25) is 0 Å². The van der Waals surface area contributed by atoms with Gasteiger partial charge >= 0.3 is 6.03 Å². The van der Waals surface area contributed by atoms with Crippen molar-refractivity contribution in [1.29, 1.82) is 0 Å². The normalized spacial score (nSPS) is 10.6. The van der Waals surface area contributed by atoms with Crippen molar-refractivity contribution >= 4 is 28.7 Å². The maximum Gasteiger partial charge on any atom is 0.322 e. The summed E-state index contributed by atoms with van der Waals surface area (Å²) in [6.45, 7) is 4.63. The van der Waals surface area contributed by atoms with Gasteiger partial charge in [-0.05, 0) is 43.5 Å². The zero-order valence-electron chi connectivity index (χ0n) is 11.7. The maximum absolute atomic E-state index is 12.4. The van der Waals surface area contributed by atoms with Gasteiger partial charge in [-0.3, -0.25) is 0 Å². The zero-order chi connectivity index (χ0) is 14.5. The number of rotatable bonds is 4. The molecule has 0 spiro atoms. The summed E-state index contributed by atoms with van der Waals surface area (Å²) in [6.07, 6.45) is 0. The number of nitrogens with zero attached hydrogens (tertiary/aromatic N) is 1. The third-order valence-corrected chi connectivity index (χ3v) is 3.79. The van der Waals surface area contributed by atoms with E-state index in [1.807, 2.05) is 43.5 Å². The van der Waals surface area contributed by atoms with E-state index in [1.54, 1.807) is 28.4 Å². The van der Waals surface area contributed by atoms with E-state index in [-0.39, 0.29) is 12.1 Å². The minimum absolute atomic E-state index is 0.112. The second kappa shape index (κ2) is 6.43. The summed E-state index contributed by atoms with van der Waals surface area (Å²) >= 11 is 1.65. The molecule has 1 aromatic carbocycles. The molecule has 106 valence electrons. The number of nitrogens with one attached hydrogen (secondary N) is 1. The number of urea groups is 1. The molecule has 1 aromatic heterocycles. The van der Waals surface area contributed by atoms with Gasteiger partial charge in [0.1, 0.15) is 0 Å². The number of nitrogen functional groups attached to an aromatic ring is 1. The van der Waals surface area contributed by atoms with Crippen molar-refractivity contribution < 1.29 is 4.79 Å². The van der Waals surface area contributed by atoms with E-state index < -0.39 is 0 Å². The first-order chi connectivity index (χ1) is 9.56. The summed E-state index contributed by atoms with van der Waals surface area (Å²) in [5, 5.41) is 4.91. The highest BCUT2D eigenvalue weighted by molar-refractivity contribution is 7.09. The van der Waals surface area contributed by atoms with Crippen LogP contribution in [-0.4, -0.2) is 17.0 Å². The molecule has 0 bridgehead atoms. The third-order valence-electron chi connectivity index (χ3n) is 2.93. The topological polar surface area (TPSA) is 58.4 Å². The van der Waals surface area contributed by atoms with E-state index in [1.165, 1.54) is 4.88 Å². The summed E-state index contributed by atoms with van der Waals surface area (Å²) < 4.78 is 0. The van der Waals surface area contributed by atoms with Crippen molar-refractivity contribution in [2.75, 3.05) is 11.1 Å². The zero-order valence-corrected chi connectivity index (χ0v) is 12.5.